The Bertz CT molecular complexity index is 395. The molecule has 0 fully saturated rings. The van der Waals surface area contributed by atoms with Crippen molar-refractivity contribution in [2.24, 2.45) is 0 Å². The number of halogens is 1. The first-order chi connectivity index (χ1) is 6.97. The predicted octanol–water partition coefficient (Wildman–Crippen LogP) is 2.27. The monoisotopic (exact) mass is 247 g/mol. The van der Waals surface area contributed by atoms with E-state index in [1.54, 1.807) is 17.8 Å². The molecule has 0 aliphatic carbocycles. The second-order valence-corrected chi connectivity index (χ2v) is 4.10. The van der Waals surface area contributed by atoms with Crippen LogP contribution in [0.1, 0.15) is 10.4 Å². The van der Waals surface area contributed by atoms with E-state index < -0.39 is 5.97 Å². The number of methoxy groups -OCH3 is 1. The third-order valence-corrected chi connectivity index (χ3v) is 2.46. The largest absolute Gasteiger partial charge is 0.496 e. The van der Waals surface area contributed by atoms with E-state index in [-0.39, 0.29) is 11.3 Å². The molecular formula is C9H11ClNO3P. The van der Waals surface area contributed by atoms with Crippen LogP contribution >= 0.6 is 21.0 Å². The number of nitrogens with zero attached hydrogens (tertiary/aromatic N) is 1. The van der Waals surface area contributed by atoms with Crippen LogP contribution in [0.15, 0.2) is 12.1 Å². The van der Waals surface area contributed by atoms with Gasteiger partial charge in [-0.3, -0.25) is 0 Å². The smallest absolute Gasteiger partial charge is 0.339 e. The molecule has 0 saturated heterocycles. The molecule has 0 aromatic heterocycles. The standard InChI is InChI=1S/C9H11ClNO3P/c1-11(15)7-4-8(14-2)5(9(12)13)3-6(7)10/h3-4H,15H2,1-2H3,(H,12,13). The highest BCUT2D eigenvalue weighted by atomic mass is 35.5. The second-order valence-electron chi connectivity index (χ2n) is 2.92. The van der Waals surface area contributed by atoms with Gasteiger partial charge in [-0.15, -0.1) is 0 Å². The van der Waals surface area contributed by atoms with E-state index in [1.807, 2.05) is 0 Å². The second kappa shape index (κ2) is 4.69. The maximum Gasteiger partial charge on any atom is 0.339 e. The van der Waals surface area contributed by atoms with E-state index in [0.717, 1.165) is 0 Å². The van der Waals surface area contributed by atoms with E-state index in [1.165, 1.54) is 13.2 Å². The molecule has 0 aliphatic rings. The van der Waals surface area contributed by atoms with Gasteiger partial charge in [-0.05, 0) is 15.5 Å². The van der Waals surface area contributed by atoms with Crippen molar-refractivity contribution >= 4 is 32.6 Å². The minimum absolute atomic E-state index is 0.0538. The van der Waals surface area contributed by atoms with Gasteiger partial charge < -0.3 is 14.5 Å². The Hall–Kier alpha value is -0.990. The number of carboxylic acid groups (broad SMARTS) is 1. The summed E-state index contributed by atoms with van der Waals surface area (Å²) in [6, 6.07) is 2.96. The molecule has 0 heterocycles. The lowest BCUT2D eigenvalue weighted by Gasteiger charge is -2.16. The van der Waals surface area contributed by atoms with Crippen molar-refractivity contribution in [2.45, 2.75) is 0 Å². The van der Waals surface area contributed by atoms with Crippen LogP contribution in [0, 0.1) is 0 Å². The van der Waals surface area contributed by atoms with Crippen molar-refractivity contribution in [3.05, 3.63) is 22.7 Å². The molecule has 4 nitrogen and oxygen atoms in total. The van der Waals surface area contributed by atoms with E-state index in [9.17, 15) is 4.79 Å². The molecule has 0 radical (unpaired) electrons. The van der Waals surface area contributed by atoms with Crippen molar-refractivity contribution < 1.29 is 14.6 Å². The lowest BCUT2D eigenvalue weighted by atomic mass is 10.2. The molecule has 82 valence electrons. The van der Waals surface area contributed by atoms with Crippen LogP contribution < -0.4 is 9.41 Å². The van der Waals surface area contributed by atoms with Crippen molar-refractivity contribution in [1.82, 2.24) is 0 Å². The average molecular weight is 248 g/mol. The number of carbonyl (C=O) groups is 1. The zero-order valence-electron chi connectivity index (χ0n) is 8.32. The van der Waals surface area contributed by atoms with Crippen molar-refractivity contribution in [1.29, 1.82) is 0 Å². The summed E-state index contributed by atoms with van der Waals surface area (Å²) in [5.74, 6) is -0.775. The van der Waals surface area contributed by atoms with Crippen LogP contribution in [0.3, 0.4) is 0 Å². The van der Waals surface area contributed by atoms with Crippen molar-refractivity contribution in [3.63, 3.8) is 0 Å². The molecule has 0 aliphatic heterocycles. The van der Waals surface area contributed by atoms with Gasteiger partial charge in [0.25, 0.3) is 0 Å². The molecule has 0 amide bonds. The van der Waals surface area contributed by atoms with Gasteiger partial charge in [-0.1, -0.05) is 11.6 Å². The predicted molar refractivity (Wildman–Crippen MR) is 63.1 cm³/mol. The Morgan fingerprint density at radius 2 is 2.20 bits per heavy atom. The minimum atomic E-state index is -1.06. The highest BCUT2D eigenvalue weighted by Gasteiger charge is 2.15. The van der Waals surface area contributed by atoms with Crippen LogP contribution in [-0.4, -0.2) is 25.2 Å². The van der Waals surface area contributed by atoms with E-state index in [0.29, 0.717) is 10.7 Å². The number of benzene rings is 1. The molecule has 1 rings (SSSR count). The number of carboxylic acids is 1. The summed E-state index contributed by atoms with van der Waals surface area (Å²) in [6.45, 7) is 0. The fourth-order valence-corrected chi connectivity index (χ4v) is 1.74. The summed E-state index contributed by atoms with van der Waals surface area (Å²) in [4.78, 5) is 10.9. The summed E-state index contributed by atoms with van der Waals surface area (Å²) in [5, 5.41) is 9.26. The molecule has 1 unspecified atom stereocenters. The quantitative estimate of drug-likeness (QED) is 0.833. The fraction of sp³-hybridized carbons (Fsp3) is 0.222. The number of hydrogen-bond donors (Lipinski definition) is 1. The van der Waals surface area contributed by atoms with Crippen molar-refractivity contribution in [3.8, 4) is 5.75 Å². The summed E-state index contributed by atoms with van der Waals surface area (Å²) in [7, 11) is 5.64. The van der Waals surface area contributed by atoms with Gasteiger partial charge in [-0.25, -0.2) is 4.79 Å². The first-order valence-corrected chi connectivity index (χ1v) is 4.96. The van der Waals surface area contributed by atoms with Crippen LogP contribution in [0.5, 0.6) is 5.75 Å². The molecule has 1 aromatic rings. The Kier molecular flexibility index (Phi) is 3.77. The number of aromatic carboxylic acids is 1. The molecule has 0 saturated carbocycles. The fourth-order valence-electron chi connectivity index (χ4n) is 1.15. The Balaban J connectivity index is 3.35. The molecule has 0 spiro atoms. The summed E-state index contributed by atoms with van der Waals surface area (Å²) >= 11 is 5.92. The molecule has 0 bridgehead atoms. The Labute approximate surface area is 95.0 Å². The SMILES string of the molecule is COc1cc(N(C)P)c(Cl)cc1C(=O)O. The van der Waals surface area contributed by atoms with Gasteiger partial charge in [0.05, 0.1) is 17.8 Å². The third kappa shape index (κ3) is 2.52. The van der Waals surface area contributed by atoms with Gasteiger partial charge in [-0.2, -0.15) is 0 Å². The van der Waals surface area contributed by atoms with Crippen LogP contribution in [0.25, 0.3) is 0 Å². The maximum atomic E-state index is 10.9. The van der Waals surface area contributed by atoms with E-state index in [2.05, 4.69) is 9.39 Å². The number of rotatable bonds is 3. The topological polar surface area (TPSA) is 49.8 Å². The Morgan fingerprint density at radius 1 is 1.60 bits per heavy atom. The summed E-state index contributed by atoms with van der Waals surface area (Å²) in [5.41, 5.74) is 0.738. The highest BCUT2D eigenvalue weighted by Crippen LogP contribution is 2.34. The van der Waals surface area contributed by atoms with Crippen molar-refractivity contribution in [2.75, 3.05) is 18.8 Å². The maximum absolute atomic E-state index is 10.9. The summed E-state index contributed by atoms with van der Waals surface area (Å²) in [6.07, 6.45) is 0. The lowest BCUT2D eigenvalue weighted by molar-refractivity contribution is 0.0693. The van der Waals surface area contributed by atoms with Gasteiger partial charge in [0, 0.05) is 13.1 Å². The van der Waals surface area contributed by atoms with Gasteiger partial charge >= 0.3 is 5.97 Å². The molecule has 6 heteroatoms. The average Bonchev–Trinajstić information content (AvgIpc) is 2.16. The first-order valence-electron chi connectivity index (χ1n) is 4.06. The van der Waals surface area contributed by atoms with Gasteiger partial charge in [0.2, 0.25) is 0 Å². The zero-order chi connectivity index (χ0) is 11.6. The molecule has 1 aromatic carbocycles. The van der Waals surface area contributed by atoms with Gasteiger partial charge in [0.1, 0.15) is 11.3 Å². The number of hydrogen-bond acceptors (Lipinski definition) is 3. The zero-order valence-corrected chi connectivity index (χ0v) is 10.2. The van der Waals surface area contributed by atoms with Crippen LogP contribution in [0.2, 0.25) is 5.02 Å². The third-order valence-electron chi connectivity index (χ3n) is 1.88. The minimum Gasteiger partial charge on any atom is -0.496 e. The molecule has 1 N–H and O–H groups in total. The molecule has 15 heavy (non-hydrogen) atoms. The highest BCUT2D eigenvalue weighted by molar-refractivity contribution is 7.19. The lowest BCUT2D eigenvalue weighted by Crippen LogP contribution is -2.05. The Morgan fingerprint density at radius 3 is 2.60 bits per heavy atom. The molecule has 1 atom stereocenters. The van der Waals surface area contributed by atoms with Crippen LogP contribution in [-0.2, 0) is 0 Å². The number of anilines is 1. The van der Waals surface area contributed by atoms with E-state index in [4.69, 9.17) is 21.4 Å². The van der Waals surface area contributed by atoms with Gasteiger partial charge in [0.15, 0.2) is 0 Å². The normalized spacial score (nSPS) is 9.87. The van der Waals surface area contributed by atoms with Crippen LogP contribution in [0.4, 0.5) is 5.69 Å². The molecular weight excluding hydrogens is 237 g/mol. The van der Waals surface area contributed by atoms with E-state index >= 15 is 0 Å². The first kappa shape index (κ1) is 12.1. The summed E-state index contributed by atoms with van der Waals surface area (Å²) < 4.78 is 6.68. The number of ether oxygens (including phenoxy) is 1.